The standard InChI is InChI=1S/C21H14BrN5O/c1-24-20-19(26-27(21(20)23)18-11-12-25-13-17(18)22)14-7-9-16(10-8-14)28-15-5-3-2-4-6-15/h2-13H,23H2. The summed E-state index contributed by atoms with van der Waals surface area (Å²) in [6.07, 6.45) is 3.30. The fourth-order valence-electron chi connectivity index (χ4n) is 2.76. The molecule has 0 radical (unpaired) electrons. The number of pyridine rings is 1. The predicted octanol–water partition coefficient (Wildman–Crippen LogP) is 5.62. The van der Waals surface area contributed by atoms with Gasteiger partial charge in [0.1, 0.15) is 23.0 Å². The maximum Gasteiger partial charge on any atom is 0.255 e. The molecule has 0 bridgehead atoms. The molecule has 28 heavy (non-hydrogen) atoms. The molecule has 0 saturated carbocycles. The molecule has 2 aromatic heterocycles. The fourth-order valence-corrected chi connectivity index (χ4v) is 3.17. The summed E-state index contributed by atoms with van der Waals surface area (Å²) < 4.78 is 8.10. The first-order valence-electron chi connectivity index (χ1n) is 8.36. The Morgan fingerprint density at radius 2 is 1.71 bits per heavy atom. The number of hydrogen-bond acceptors (Lipinski definition) is 4. The van der Waals surface area contributed by atoms with Gasteiger partial charge in [0.2, 0.25) is 0 Å². The number of para-hydroxylation sites is 1. The van der Waals surface area contributed by atoms with Crippen molar-refractivity contribution in [3.05, 3.63) is 88.9 Å². The molecule has 6 nitrogen and oxygen atoms in total. The van der Waals surface area contributed by atoms with E-state index in [2.05, 4.69) is 30.9 Å². The van der Waals surface area contributed by atoms with Crippen molar-refractivity contribution in [1.82, 2.24) is 14.8 Å². The van der Waals surface area contributed by atoms with Crippen molar-refractivity contribution in [2.75, 3.05) is 5.73 Å². The van der Waals surface area contributed by atoms with E-state index in [1.807, 2.05) is 54.6 Å². The second-order valence-corrected chi connectivity index (χ2v) is 6.73. The van der Waals surface area contributed by atoms with Gasteiger partial charge in [-0.1, -0.05) is 30.3 Å². The summed E-state index contributed by atoms with van der Waals surface area (Å²) in [5.74, 6) is 1.73. The van der Waals surface area contributed by atoms with Crippen molar-refractivity contribution in [3.8, 4) is 28.4 Å². The fraction of sp³-hybridized carbons (Fsp3) is 0. The van der Waals surface area contributed by atoms with Crippen molar-refractivity contribution in [3.63, 3.8) is 0 Å². The predicted molar refractivity (Wildman–Crippen MR) is 112 cm³/mol. The van der Waals surface area contributed by atoms with Crippen LogP contribution in [-0.4, -0.2) is 14.8 Å². The molecule has 136 valence electrons. The van der Waals surface area contributed by atoms with Crippen LogP contribution in [0.3, 0.4) is 0 Å². The van der Waals surface area contributed by atoms with Crippen LogP contribution in [0.4, 0.5) is 11.5 Å². The molecule has 0 fully saturated rings. The molecule has 7 heteroatoms. The van der Waals surface area contributed by atoms with Gasteiger partial charge in [0.05, 0.1) is 16.7 Å². The lowest BCUT2D eigenvalue weighted by atomic mass is 10.1. The van der Waals surface area contributed by atoms with Crippen LogP contribution >= 0.6 is 15.9 Å². The zero-order valence-corrected chi connectivity index (χ0v) is 16.2. The largest absolute Gasteiger partial charge is 0.457 e. The number of ether oxygens (including phenoxy) is 1. The molecule has 0 saturated heterocycles. The molecule has 0 aliphatic carbocycles. The van der Waals surface area contributed by atoms with Gasteiger partial charge in [-0.3, -0.25) is 4.98 Å². The lowest BCUT2D eigenvalue weighted by Crippen LogP contribution is -2.02. The summed E-state index contributed by atoms with van der Waals surface area (Å²) in [6, 6.07) is 18.7. The van der Waals surface area contributed by atoms with Crippen molar-refractivity contribution in [2.24, 2.45) is 0 Å². The van der Waals surface area contributed by atoms with Crippen LogP contribution in [0, 0.1) is 6.57 Å². The van der Waals surface area contributed by atoms with Crippen LogP contribution in [0.5, 0.6) is 11.5 Å². The zero-order valence-electron chi connectivity index (χ0n) is 14.6. The van der Waals surface area contributed by atoms with Crippen LogP contribution in [0.2, 0.25) is 0 Å². The van der Waals surface area contributed by atoms with Gasteiger partial charge in [-0.15, -0.1) is 0 Å². The zero-order chi connectivity index (χ0) is 19.5. The van der Waals surface area contributed by atoms with E-state index in [1.54, 1.807) is 23.1 Å². The minimum atomic E-state index is 0.279. The van der Waals surface area contributed by atoms with E-state index in [-0.39, 0.29) is 5.82 Å². The average molecular weight is 432 g/mol. The molecular weight excluding hydrogens is 418 g/mol. The number of nitrogen functional groups attached to an aromatic ring is 1. The van der Waals surface area contributed by atoms with Gasteiger partial charge in [0.25, 0.3) is 5.69 Å². The number of nitrogens with zero attached hydrogens (tertiary/aromatic N) is 4. The average Bonchev–Trinajstić information content (AvgIpc) is 3.06. The van der Waals surface area contributed by atoms with Crippen molar-refractivity contribution >= 4 is 27.4 Å². The first kappa shape index (κ1) is 17.8. The molecule has 2 aromatic carbocycles. The highest BCUT2D eigenvalue weighted by Crippen LogP contribution is 2.38. The molecular formula is C21H14BrN5O. The molecule has 4 aromatic rings. The molecule has 2 N–H and O–H groups in total. The van der Waals surface area contributed by atoms with Gasteiger partial charge in [-0.25, -0.2) is 9.53 Å². The molecule has 0 amide bonds. The van der Waals surface area contributed by atoms with Crippen LogP contribution in [0.1, 0.15) is 0 Å². The maximum atomic E-state index is 7.54. The van der Waals surface area contributed by atoms with Gasteiger partial charge in [-0.05, 0) is 51.8 Å². The Morgan fingerprint density at radius 1 is 1.00 bits per heavy atom. The Kier molecular flexibility index (Phi) is 4.79. The topological polar surface area (TPSA) is 70.3 Å². The number of anilines is 1. The smallest absolute Gasteiger partial charge is 0.255 e. The Hall–Kier alpha value is -3.63. The Morgan fingerprint density at radius 3 is 2.39 bits per heavy atom. The highest BCUT2D eigenvalue weighted by molar-refractivity contribution is 9.10. The first-order valence-corrected chi connectivity index (χ1v) is 9.16. The highest BCUT2D eigenvalue weighted by Gasteiger charge is 2.19. The maximum absolute atomic E-state index is 7.54. The summed E-state index contributed by atoms with van der Waals surface area (Å²) in [4.78, 5) is 7.64. The Bertz CT molecular complexity index is 1160. The van der Waals surface area contributed by atoms with Crippen LogP contribution in [0.15, 0.2) is 77.5 Å². The van der Waals surface area contributed by atoms with Crippen LogP contribution in [-0.2, 0) is 0 Å². The number of nitrogens with two attached hydrogens (primary N) is 1. The van der Waals surface area contributed by atoms with Crippen LogP contribution < -0.4 is 10.5 Å². The number of hydrogen-bond donors (Lipinski definition) is 1. The summed E-state index contributed by atoms with van der Waals surface area (Å²) in [6.45, 7) is 7.54. The Labute approximate surface area is 170 Å². The number of benzene rings is 2. The normalized spacial score (nSPS) is 10.4. The van der Waals surface area contributed by atoms with E-state index >= 15 is 0 Å². The number of halogens is 1. The third-order valence-corrected chi connectivity index (χ3v) is 4.70. The van der Waals surface area contributed by atoms with Crippen molar-refractivity contribution < 1.29 is 4.74 Å². The monoisotopic (exact) mass is 431 g/mol. The minimum absolute atomic E-state index is 0.279. The molecule has 0 aliphatic heterocycles. The van der Waals surface area contributed by atoms with Gasteiger partial charge < -0.3 is 10.5 Å². The van der Waals surface area contributed by atoms with E-state index < -0.39 is 0 Å². The first-order chi connectivity index (χ1) is 13.7. The van der Waals surface area contributed by atoms with E-state index in [1.165, 1.54) is 0 Å². The minimum Gasteiger partial charge on any atom is -0.457 e. The molecule has 0 atom stereocenters. The second kappa shape index (κ2) is 7.55. The van der Waals surface area contributed by atoms with E-state index in [4.69, 9.17) is 17.0 Å². The third kappa shape index (κ3) is 3.33. The molecule has 0 spiro atoms. The van der Waals surface area contributed by atoms with Gasteiger partial charge in [0, 0.05) is 12.4 Å². The van der Waals surface area contributed by atoms with Crippen molar-refractivity contribution in [1.29, 1.82) is 0 Å². The van der Waals surface area contributed by atoms with E-state index in [0.29, 0.717) is 22.8 Å². The third-order valence-electron chi connectivity index (χ3n) is 4.09. The highest BCUT2D eigenvalue weighted by atomic mass is 79.9. The SMILES string of the molecule is [C-]#[N+]c1c(-c2ccc(Oc3ccccc3)cc2)nn(-c2ccncc2Br)c1N. The van der Waals surface area contributed by atoms with Gasteiger partial charge in [0.15, 0.2) is 0 Å². The quantitative estimate of drug-likeness (QED) is 0.425. The van der Waals surface area contributed by atoms with Crippen molar-refractivity contribution in [2.45, 2.75) is 0 Å². The lowest BCUT2D eigenvalue weighted by Gasteiger charge is -2.06. The number of aromatic nitrogens is 3. The summed E-state index contributed by atoms with van der Waals surface area (Å²) >= 11 is 3.45. The lowest BCUT2D eigenvalue weighted by molar-refractivity contribution is 0.483. The van der Waals surface area contributed by atoms with E-state index in [9.17, 15) is 0 Å². The van der Waals surface area contributed by atoms with E-state index in [0.717, 1.165) is 15.8 Å². The second-order valence-electron chi connectivity index (χ2n) is 5.87. The number of rotatable bonds is 4. The van der Waals surface area contributed by atoms with Gasteiger partial charge in [-0.2, -0.15) is 5.10 Å². The summed E-state index contributed by atoms with van der Waals surface area (Å²) in [5.41, 5.74) is 8.52. The van der Waals surface area contributed by atoms with Gasteiger partial charge >= 0.3 is 0 Å². The van der Waals surface area contributed by atoms with Crippen LogP contribution in [0.25, 0.3) is 21.8 Å². The Balaban J connectivity index is 1.70. The summed E-state index contributed by atoms with van der Waals surface area (Å²) in [7, 11) is 0. The summed E-state index contributed by atoms with van der Waals surface area (Å²) in [5, 5.41) is 4.57. The molecule has 0 unspecified atom stereocenters. The molecule has 4 rings (SSSR count). The molecule has 2 heterocycles. The molecule has 0 aliphatic rings.